The summed E-state index contributed by atoms with van der Waals surface area (Å²) in [5, 5.41) is 23.0. The molecule has 0 aliphatic rings. The average Bonchev–Trinajstić information content (AvgIpc) is 2.66. The Morgan fingerprint density at radius 1 is 1.50 bits per heavy atom. The number of aryl methyl sites for hydroxylation is 1. The summed E-state index contributed by atoms with van der Waals surface area (Å²) >= 11 is 0. The van der Waals surface area contributed by atoms with Crippen LogP contribution >= 0.6 is 0 Å². The summed E-state index contributed by atoms with van der Waals surface area (Å²) in [5.74, 6) is 0. The van der Waals surface area contributed by atoms with E-state index in [1.54, 1.807) is 0 Å². The van der Waals surface area contributed by atoms with E-state index in [4.69, 9.17) is 10.5 Å². The molecule has 18 heavy (non-hydrogen) atoms. The lowest BCUT2D eigenvalue weighted by Crippen LogP contribution is -2.10. The molecule has 94 valence electrons. The molecule has 0 saturated heterocycles. The van der Waals surface area contributed by atoms with E-state index < -0.39 is 24.2 Å². The maximum Gasteiger partial charge on any atom is 0.435 e. The zero-order chi connectivity index (χ0) is 13.8. The zero-order valence-electron chi connectivity index (χ0n) is 9.06. The summed E-state index contributed by atoms with van der Waals surface area (Å²) in [5.41, 5.74) is -1.90. The third-order valence-corrected chi connectivity index (χ3v) is 1.76. The Bertz CT molecular complexity index is 530. The molecule has 0 aliphatic heterocycles. The minimum absolute atomic E-state index is 0.232. The molecule has 0 saturated carbocycles. The Hall–Kier alpha value is -2.55. The Morgan fingerprint density at radius 3 is 2.61 bits per heavy atom. The highest BCUT2D eigenvalue weighted by Crippen LogP contribution is 2.30. The van der Waals surface area contributed by atoms with Crippen molar-refractivity contribution in [2.24, 2.45) is 12.2 Å². The molecule has 0 atom stereocenters. The highest BCUT2D eigenvalue weighted by Gasteiger charge is 2.37. The highest BCUT2D eigenvalue weighted by molar-refractivity contribution is 6.09. The number of hydrogen-bond donors (Lipinski definition) is 0. The van der Waals surface area contributed by atoms with E-state index in [-0.39, 0.29) is 5.56 Å². The van der Waals surface area contributed by atoms with Crippen molar-refractivity contribution in [3.05, 3.63) is 17.5 Å². The van der Waals surface area contributed by atoms with Gasteiger partial charge >= 0.3 is 6.18 Å². The third kappa shape index (κ3) is 3.22. The molecule has 1 rings (SSSR count). The topological polar surface area (TPSA) is 87.0 Å². The van der Waals surface area contributed by atoms with Crippen molar-refractivity contribution in [2.45, 2.75) is 12.8 Å². The lowest BCUT2D eigenvalue weighted by molar-refractivity contribution is -0.142. The van der Waals surface area contributed by atoms with Gasteiger partial charge in [-0.3, -0.25) is 4.68 Å². The van der Waals surface area contributed by atoms with Gasteiger partial charge in [0.25, 0.3) is 5.71 Å². The van der Waals surface area contributed by atoms with Gasteiger partial charge in [-0.25, -0.2) is 0 Å². The summed E-state index contributed by atoms with van der Waals surface area (Å²) in [7, 11) is 1.33. The summed E-state index contributed by atoms with van der Waals surface area (Å²) < 4.78 is 38.5. The maximum absolute atomic E-state index is 12.5. The van der Waals surface area contributed by atoms with Gasteiger partial charge in [0.15, 0.2) is 5.69 Å². The van der Waals surface area contributed by atoms with Crippen LogP contribution < -0.4 is 0 Å². The molecule has 0 spiro atoms. The van der Waals surface area contributed by atoms with Crippen LogP contribution in [0.5, 0.6) is 0 Å². The van der Waals surface area contributed by atoms with E-state index in [2.05, 4.69) is 15.1 Å². The molecule has 0 N–H and O–H groups in total. The fourth-order valence-corrected chi connectivity index (χ4v) is 1.11. The van der Waals surface area contributed by atoms with E-state index in [0.717, 1.165) is 10.9 Å². The third-order valence-electron chi connectivity index (χ3n) is 1.76. The van der Waals surface area contributed by atoms with Gasteiger partial charge in [-0.2, -0.15) is 28.8 Å². The molecule has 0 aliphatic carbocycles. The monoisotopic (exact) mass is 257 g/mol. The Labute approximate surface area is 99.5 Å². The van der Waals surface area contributed by atoms with E-state index in [1.807, 2.05) is 0 Å². The van der Waals surface area contributed by atoms with Gasteiger partial charge in [0, 0.05) is 18.8 Å². The predicted octanol–water partition coefficient (Wildman–Crippen LogP) is 1.36. The number of rotatable bonds is 3. The second-order valence-electron chi connectivity index (χ2n) is 3.11. The number of nitriles is 2. The maximum atomic E-state index is 12.5. The van der Waals surface area contributed by atoms with Crippen LogP contribution in [0.25, 0.3) is 0 Å². The van der Waals surface area contributed by atoms with Crippen molar-refractivity contribution in [2.75, 3.05) is 0 Å². The summed E-state index contributed by atoms with van der Waals surface area (Å²) in [6, 6.07) is 2.82. The number of oxime groups is 1. The van der Waals surface area contributed by atoms with Crippen molar-refractivity contribution >= 4 is 5.71 Å². The predicted molar refractivity (Wildman–Crippen MR) is 51.7 cm³/mol. The zero-order valence-corrected chi connectivity index (χ0v) is 9.06. The number of aromatic nitrogens is 2. The van der Waals surface area contributed by atoms with Crippen LogP contribution in [0.2, 0.25) is 0 Å². The van der Waals surface area contributed by atoms with Crippen LogP contribution in [0.4, 0.5) is 13.2 Å². The highest BCUT2D eigenvalue weighted by atomic mass is 19.4. The smallest absolute Gasteiger partial charge is 0.389 e. The van der Waals surface area contributed by atoms with Crippen LogP contribution in [0.1, 0.15) is 11.3 Å². The van der Waals surface area contributed by atoms with Crippen LogP contribution in [0.3, 0.4) is 0 Å². The van der Waals surface area contributed by atoms with Gasteiger partial charge in [0.1, 0.15) is 18.7 Å². The second-order valence-corrected chi connectivity index (χ2v) is 3.11. The summed E-state index contributed by atoms with van der Waals surface area (Å²) in [4.78, 5) is 4.50. The van der Waals surface area contributed by atoms with E-state index >= 15 is 0 Å². The lowest BCUT2D eigenvalue weighted by atomic mass is 10.2. The molecule has 0 unspecified atom stereocenters. The van der Waals surface area contributed by atoms with Crippen molar-refractivity contribution in [3.8, 4) is 12.1 Å². The summed E-state index contributed by atoms with van der Waals surface area (Å²) in [6.07, 6.45) is -3.48. The minimum Gasteiger partial charge on any atom is -0.389 e. The summed E-state index contributed by atoms with van der Waals surface area (Å²) in [6.45, 7) is -0.532. The van der Waals surface area contributed by atoms with Crippen LogP contribution in [-0.4, -0.2) is 15.5 Å². The number of nitrogens with zero attached hydrogens (tertiary/aromatic N) is 5. The normalized spacial score (nSPS) is 10.3. The lowest BCUT2D eigenvalue weighted by Gasteiger charge is -2.04. The molecule has 0 bridgehead atoms. The molecule has 1 heterocycles. The Morgan fingerprint density at radius 2 is 2.11 bits per heavy atom. The Balaban J connectivity index is 2.85. The number of hydrogen-bond acceptors (Lipinski definition) is 5. The molecule has 0 fully saturated rings. The van der Waals surface area contributed by atoms with Gasteiger partial charge in [-0.15, -0.1) is 0 Å². The van der Waals surface area contributed by atoms with Gasteiger partial charge in [0.2, 0.25) is 0 Å². The quantitative estimate of drug-likeness (QED) is 0.604. The van der Waals surface area contributed by atoms with Crippen LogP contribution in [0.15, 0.2) is 11.4 Å². The first-order chi connectivity index (χ1) is 8.38. The number of alkyl halides is 3. The van der Waals surface area contributed by atoms with Gasteiger partial charge in [-0.1, -0.05) is 5.16 Å². The van der Waals surface area contributed by atoms with E-state index in [0.29, 0.717) is 0 Å². The molecule has 1 aromatic heterocycles. The largest absolute Gasteiger partial charge is 0.435 e. The van der Waals surface area contributed by atoms with Crippen molar-refractivity contribution in [1.29, 1.82) is 10.5 Å². The van der Waals surface area contributed by atoms with Crippen molar-refractivity contribution < 1.29 is 18.0 Å². The first kappa shape index (κ1) is 13.5. The molecular formula is C9H6F3N5O. The molecule has 0 aromatic carbocycles. The minimum atomic E-state index is -4.60. The molecule has 1 aromatic rings. The molecular weight excluding hydrogens is 251 g/mol. The average molecular weight is 257 g/mol. The molecule has 0 amide bonds. The fourth-order valence-electron chi connectivity index (χ4n) is 1.11. The second kappa shape index (κ2) is 5.19. The first-order valence-electron chi connectivity index (χ1n) is 4.48. The molecule has 0 radical (unpaired) electrons. The van der Waals surface area contributed by atoms with Crippen LogP contribution in [-0.2, 0) is 24.7 Å². The van der Waals surface area contributed by atoms with Gasteiger partial charge in [0.05, 0.1) is 0 Å². The van der Waals surface area contributed by atoms with Gasteiger partial charge in [-0.05, 0) is 0 Å². The molecule has 6 nitrogen and oxygen atoms in total. The standard InChI is InChI=1S/C9H6F3N5O/c1-17-4-6(8(15-17)9(10,11)12)5-18-16-7(2-13)3-14/h4H,5H2,1H3. The number of halogens is 3. The SMILES string of the molecule is Cn1cc(CON=C(C#N)C#N)c(C(F)(F)F)n1. The van der Waals surface area contributed by atoms with E-state index in [9.17, 15) is 13.2 Å². The van der Waals surface area contributed by atoms with Gasteiger partial charge < -0.3 is 4.84 Å². The fraction of sp³-hybridized carbons (Fsp3) is 0.333. The van der Waals surface area contributed by atoms with Crippen molar-refractivity contribution in [1.82, 2.24) is 9.78 Å². The van der Waals surface area contributed by atoms with Crippen LogP contribution in [0, 0.1) is 22.7 Å². The Kier molecular flexibility index (Phi) is 3.89. The first-order valence-corrected chi connectivity index (χ1v) is 4.48. The van der Waals surface area contributed by atoms with Crippen molar-refractivity contribution in [3.63, 3.8) is 0 Å². The molecule has 9 heteroatoms. The van der Waals surface area contributed by atoms with E-state index in [1.165, 1.54) is 19.2 Å².